The van der Waals surface area contributed by atoms with Crippen LogP contribution < -0.4 is 5.32 Å². The van der Waals surface area contributed by atoms with Gasteiger partial charge < -0.3 is 5.32 Å². The molecule has 0 radical (unpaired) electrons. The molecule has 0 amide bonds. The van der Waals surface area contributed by atoms with Crippen LogP contribution in [0.15, 0.2) is 30.5 Å². The summed E-state index contributed by atoms with van der Waals surface area (Å²) in [6, 6.07) is 7.86. The normalized spacial score (nSPS) is 11.8. The topological polar surface area (TPSA) is 24.9 Å². The van der Waals surface area contributed by atoms with Gasteiger partial charge in [-0.2, -0.15) is 0 Å². The molecule has 2 nitrogen and oxygen atoms in total. The monoisotopic (exact) mass is 262 g/mol. The third-order valence-electron chi connectivity index (χ3n) is 3.70. The van der Waals surface area contributed by atoms with Gasteiger partial charge in [-0.1, -0.05) is 25.4 Å². The summed E-state index contributed by atoms with van der Waals surface area (Å²) in [6.45, 7) is 6.66. The molecule has 96 valence electrons. The van der Waals surface area contributed by atoms with Crippen molar-refractivity contribution in [3.05, 3.63) is 35.5 Å². The zero-order valence-corrected chi connectivity index (χ0v) is 11.9. The van der Waals surface area contributed by atoms with Gasteiger partial charge in [-0.3, -0.25) is 4.98 Å². The van der Waals surface area contributed by atoms with Gasteiger partial charge >= 0.3 is 0 Å². The fourth-order valence-electron chi connectivity index (χ4n) is 1.98. The summed E-state index contributed by atoms with van der Waals surface area (Å²) >= 11 is 6.00. The van der Waals surface area contributed by atoms with Gasteiger partial charge in [0.25, 0.3) is 0 Å². The van der Waals surface area contributed by atoms with Gasteiger partial charge in [0.1, 0.15) is 0 Å². The maximum Gasteiger partial charge on any atom is 0.0737 e. The first-order valence-electron chi connectivity index (χ1n) is 6.40. The summed E-state index contributed by atoms with van der Waals surface area (Å²) in [4.78, 5) is 4.36. The number of nitrogens with zero attached hydrogens (tertiary/aromatic N) is 1. The van der Waals surface area contributed by atoms with Crippen molar-refractivity contribution in [2.45, 2.75) is 39.2 Å². The van der Waals surface area contributed by atoms with Crippen molar-refractivity contribution < 1.29 is 0 Å². The molecule has 0 saturated heterocycles. The number of benzene rings is 1. The fraction of sp³-hybridized carbons (Fsp3) is 0.400. The van der Waals surface area contributed by atoms with Gasteiger partial charge in [0.05, 0.1) is 5.52 Å². The van der Waals surface area contributed by atoms with Crippen LogP contribution in [0.25, 0.3) is 10.9 Å². The number of hydrogen-bond acceptors (Lipinski definition) is 2. The summed E-state index contributed by atoms with van der Waals surface area (Å²) in [5.41, 5.74) is 2.18. The van der Waals surface area contributed by atoms with Crippen molar-refractivity contribution >= 4 is 28.2 Å². The predicted octanol–water partition coefficient (Wildman–Crippen LogP) is 4.88. The molecule has 18 heavy (non-hydrogen) atoms. The molecule has 1 aromatic carbocycles. The van der Waals surface area contributed by atoms with Crippen molar-refractivity contribution in [3.8, 4) is 0 Å². The zero-order chi connectivity index (χ0) is 13.2. The smallest absolute Gasteiger partial charge is 0.0737 e. The van der Waals surface area contributed by atoms with E-state index in [1.807, 2.05) is 30.5 Å². The lowest BCUT2D eigenvalue weighted by molar-refractivity contribution is 0.479. The highest BCUT2D eigenvalue weighted by Gasteiger charge is 2.19. The number of anilines is 1. The van der Waals surface area contributed by atoms with E-state index >= 15 is 0 Å². The Bertz CT molecular complexity index is 547. The van der Waals surface area contributed by atoms with Gasteiger partial charge in [0.15, 0.2) is 0 Å². The summed E-state index contributed by atoms with van der Waals surface area (Å²) in [5.74, 6) is 0. The molecule has 1 heterocycles. The van der Waals surface area contributed by atoms with E-state index < -0.39 is 0 Å². The highest BCUT2D eigenvalue weighted by atomic mass is 35.5. The van der Waals surface area contributed by atoms with Gasteiger partial charge in [-0.25, -0.2) is 0 Å². The number of nitrogens with one attached hydrogen (secondary N) is 1. The third kappa shape index (κ3) is 2.59. The molecule has 2 rings (SSSR count). The summed E-state index contributed by atoms with van der Waals surface area (Å²) in [5, 5.41) is 5.48. The molecule has 1 N–H and O–H groups in total. The first-order chi connectivity index (χ1) is 8.58. The second-order valence-corrected chi connectivity index (χ2v) is 5.35. The van der Waals surface area contributed by atoms with Crippen LogP contribution in [0.4, 0.5) is 5.69 Å². The summed E-state index contributed by atoms with van der Waals surface area (Å²) in [7, 11) is 0. The number of aromatic nitrogens is 1. The number of rotatable bonds is 4. The van der Waals surface area contributed by atoms with E-state index in [-0.39, 0.29) is 5.54 Å². The SMILES string of the molecule is CCC(C)(CC)Nc1ccnc2cc(Cl)ccc12. The molecule has 3 heteroatoms. The Labute approximate surface area is 113 Å². The second kappa shape index (κ2) is 5.15. The van der Waals surface area contributed by atoms with Crippen LogP contribution >= 0.6 is 11.6 Å². The standard InChI is InChI=1S/C15H19ClN2/c1-4-15(3,5-2)18-13-8-9-17-14-10-11(16)6-7-12(13)14/h6-10H,4-5H2,1-3H3,(H,17,18). The minimum Gasteiger partial charge on any atom is -0.379 e. The average Bonchev–Trinajstić information content (AvgIpc) is 2.38. The lowest BCUT2D eigenvalue weighted by Gasteiger charge is -2.30. The predicted molar refractivity (Wildman–Crippen MR) is 79.4 cm³/mol. The summed E-state index contributed by atoms with van der Waals surface area (Å²) in [6.07, 6.45) is 3.99. The van der Waals surface area contributed by atoms with Gasteiger partial charge in [-0.15, -0.1) is 0 Å². The lowest BCUT2D eigenvalue weighted by Crippen LogP contribution is -2.33. The Morgan fingerprint density at radius 1 is 1.22 bits per heavy atom. The maximum absolute atomic E-state index is 6.00. The highest BCUT2D eigenvalue weighted by Crippen LogP contribution is 2.28. The minimum atomic E-state index is 0.119. The van der Waals surface area contributed by atoms with Gasteiger partial charge in [0.2, 0.25) is 0 Å². The Morgan fingerprint density at radius 2 is 1.94 bits per heavy atom. The first kappa shape index (κ1) is 13.2. The zero-order valence-electron chi connectivity index (χ0n) is 11.1. The van der Waals surface area contributed by atoms with Crippen LogP contribution in [0, 0.1) is 0 Å². The number of halogens is 1. The molecule has 0 aliphatic carbocycles. The van der Waals surface area contributed by atoms with Crippen LogP contribution in [0.5, 0.6) is 0 Å². The first-order valence-corrected chi connectivity index (χ1v) is 6.78. The molecule has 0 atom stereocenters. The Kier molecular flexibility index (Phi) is 3.76. The molecular formula is C15H19ClN2. The average molecular weight is 263 g/mol. The molecular weight excluding hydrogens is 244 g/mol. The molecule has 1 aromatic heterocycles. The van der Waals surface area contributed by atoms with Crippen molar-refractivity contribution in [3.63, 3.8) is 0 Å². The molecule has 0 saturated carbocycles. The molecule has 0 spiro atoms. The molecule has 2 aromatic rings. The van der Waals surface area contributed by atoms with Crippen LogP contribution in [0.1, 0.15) is 33.6 Å². The summed E-state index contributed by atoms with van der Waals surface area (Å²) < 4.78 is 0. The second-order valence-electron chi connectivity index (χ2n) is 4.91. The van der Waals surface area contributed by atoms with Gasteiger partial charge in [-0.05, 0) is 44.0 Å². The van der Waals surface area contributed by atoms with E-state index in [4.69, 9.17) is 11.6 Å². The Morgan fingerprint density at radius 3 is 2.61 bits per heavy atom. The maximum atomic E-state index is 6.00. The quantitative estimate of drug-likeness (QED) is 0.850. The minimum absolute atomic E-state index is 0.119. The van der Waals surface area contributed by atoms with E-state index in [1.165, 1.54) is 0 Å². The van der Waals surface area contributed by atoms with Crippen LogP contribution in [0.3, 0.4) is 0 Å². The van der Waals surface area contributed by atoms with E-state index in [2.05, 4.69) is 31.1 Å². The number of pyridine rings is 1. The van der Waals surface area contributed by atoms with Crippen molar-refractivity contribution in [1.82, 2.24) is 4.98 Å². The van der Waals surface area contributed by atoms with Crippen molar-refractivity contribution in [2.75, 3.05) is 5.32 Å². The third-order valence-corrected chi connectivity index (χ3v) is 3.94. The van der Waals surface area contributed by atoms with Crippen molar-refractivity contribution in [1.29, 1.82) is 0 Å². The van der Waals surface area contributed by atoms with Crippen LogP contribution in [-0.4, -0.2) is 10.5 Å². The molecule has 0 aliphatic rings. The molecule has 0 unspecified atom stereocenters. The van der Waals surface area contributed by atoms with E-state index in [0.717, 1.165) is 34.5 Å². The fourth-order valence-corrected chi connectivity index (χ4v) is 2.15. The molecule has 0 aliphatic heterocycles. The van der Waals surface area contributed by atoms with Crippen LogP contribution in [-0.2, 0) is 0 Å². The van der Waals surface area contributed by atoms with E-state index in [9.17, 15) is 0 Å². The largest absolute Gasteiger partial charge is 0.379 e. The van der Waals surface area contributed by atoms with Gasteiger partial charge in [0, 0.05) is 27.8 Å². The molecule has 0 bridgehead atoms. The van der Waals surface area contributed by atoms with Crippen LogP contribution in [0.2, 0.25) is 5.02 Å². The Hall–Kier alpha value is -1.28. The number of hydrogen-bond donors (Lipinski definition) is 1. The number of fused-ring (bicyclic) bond motifs is 1. The van der Waals surface area contributed by atoms with E-state index in [0.29, 0.717) is 0 Å². The Balaban J connectivity index is 2.45. The van der Waals surface area contributed by atoms with E-state index in [1.54, 1.807) is 0 Å². The highest BCUT2D eigenvalue weighted by molar-refractivity contribution is 6.31. The van der Waals surface area contributed by atoms with Crippen molar-refractivity contribution in [2.24, 2.45) is 0 Å². The lowest BCUT2D eigenvalue weighted by atomic mass is 9.95. The molecule has 0 fully saturated rings.